The lowest BCUT2D eigenvalue weighted by molar-refractivity contribution is 0.302. The topological polar surface area (TPSA) is 121 Å². The molecule has 0 aliphatic heterocycles. The van der Waals surface area contributed by atoms with Crippen LogP contribution in [-0.2, 0) is 9.84 Å². The molecule has 0 atom stereocenters. The Balaban J connectivity index is 1.58. The predicted molar refractivity (Wildman–Crippen MR) is 176 cm³/mol. The second kappa shape index (κ2) is 14.3. The summed E-state index contributed by atoms with van der Waals surface area (Å²) in [5, 5.41) is 15.0. The fraction of sp³-hybridized carbons (Fsp3) is 0.581. The van der Waals surface area contributed by atoms with Crippen LogP contribution in [0.1, 0.15) is 83.3 Å². The molecule has 43 heavy (non-hydrogen) atoms. The molecular weight excluding hydrogens is 586 g/mol. The maximum absolute atomic E-state index is 12.7. The molecule has 3 N–H and O–H groups in total. The first kappa shape index (κ1) is 33.0. The zero-order valence-electron chi connectivity index (χ0n) is 26.2. The summed E-state index contributed by atoms with van der Waals surface area (Å²) in [6, 6.07) is 5.39. The van der Waals surface area contributed by atoms with Gasteiger partial charge in [0.05, 0.1) is 29.0 Å². The normalized spacial score (nSPS) is 19.4. The van der Waals surface area contributed by atoms with Crippen molar-refractivity contribution >= 4 is 45.6 Å². The molecule has 0 bridgehead atoms. The number of nitrogens with one attached hydrogen (secondary N) is 3. The van der Waals surface area contributed by atoms with Crippen molar-refractivity contribution in [1.82, 2.24) is 20.3 Å². The highest BCUT2D eigenvalue weighted by Gasteiger charge is 2.28. The number of benzene rings is 1. The van der Waals surface area contributed by atoms with Gasteiger partial charge in [-0.15, -0.1) is 0 Å². The fourth-order valence-corrected chi connectivity index (χ4v) is 6.34. The van der Waals surface area contributed by atoms with E-state index in [2.05, 4.69) is 70.6 Å². The molecule has 0 radical (unpaired) electrons. The van der Waals surface area contributed by atoms with E-state index in [1.165, 1.54) is 35.2 Å². The Bertz CT molecular complexity index is 1420. The summed E-state index contributed by atoms with van der Waals surface area (Å²) in [6.45, 7) is 13.3. The number of hydrogen-bond acceptors (Lipinski definition) is 10. The van der Waals surface area contributed by atoms with Crippen LogP contribution in [0.15, 0.2) is 35.3 Å². The van der Waals surface area contributed by atoms with Crippen LogP contribution in [0.25, 0.3) is 0 Å². The monoisotopic (exact) mass is 631 g/mol. The second-order valence-corrected chi connectivity index (χ2v) is 15.2. The molecule has 236 valence electrons. The van der Waals surface area contributed by atoms with Crippen LogP contribution in [-0.4, -0.2) is 66.4 Å². The molecule has 1 aromatic heterocycles. The highest BCUT2D eigenvalue weighted by atomic mass is 35.5. The summed E-state index contributed by atoms with van der Waals surface area (Å²) >= 11 is 6.46. The zero-order valence-corrected chi connectivity index (χ0v) is 27.7. The SMILES string of the molecule is C=NN(C)/C=C(\CS(=O)(=O)C(C)C)Nc1nc(Nc2cc(C)c([C@H]3CC[C@@H](NC(C)C)CC3)cc2OC2CC2)ncc1Cl. The van der Waals surface area contributed by atoms with Crippen molar-refractivity contribution < 1.29 is 13.2 Å². The molecule has 2 saturated carbocycles. The molecule has 1 heterocycles. The number of rotatable bonds is 14. The van der Waals surface area contributed by atoms with Gasteiger partial charge in [-0.1, -0.05) is 25.4 Å². The predicted octanol–water partition coefficient (Wildman–Crippen LogP) is 6.37. The van der Waals surface area contributed by atoms with Gasteiger partial charge in [0.2, 0.25) is 5.95 Å². The molecule has 2 aliphatic rings. The molecule has 0 amide bonds. The first-order valence-electron chi connectivity index (χ1n) is 15.1. The Morgan fingerprint density at radius 1 is 1.19 bits per heavy atom. The Morgan fingerprint density at radius 3 is 2.49 bits per heavy atom. The summed E-state index contributed by atoms with van der Waals surface area (Å²) in [6.07, 6.45) is 9.97. The van der Waals surface area contributed by atoms with Crippen molar-refractivity contribution in [2.24, 2.45) is 5.10 Å². The van der Waals surface area contributed by atoms with Gasteiger partial charge in [0.15, 0.2) is 15.7 Å². The quantitative estimate of drug-likeness (QED) is 0.161. The van der Waals surface area contributed by atoms with Crippen LogP contribution in [0.4, 0.5) is 17.5 Å². The minimum Gasteiger partial charge on any atom is -0.488 e. The summed E-state index contributed by atoms with van der Waals surface area (Å²) in [4.78, 5) is 8.99. The van der Waals surface area contributed by atoms with E-state index in [0.717, 1.165) is 37.1 Å². The van der Waals surface area contributed by atoms with Crippen molar-refractivity contribution in [3.63, 3.8) is 0 Å². The third-order valence-corrected chi connectivity index (χ3v) is 10.3. The van der Waals surface area contributed by atoms with E-state index in [1.54, 1.807) is 27.1 Å². The standard InChI is InChI=1S/C31H46ClN7O3S/c1-19(2)35-23-10-8-22(9-11-23)26-15-29(42-25-12-13-25)28(14-21(26)5)37-31-34-16-27(32)30(38-31)36-24(17-39(7)33-6)18-43(40,41)20(3)4/h14-17,19-20,22-23,25,35H,6,8-13,18H2,1-5,7H3,(H2,34,36,37,38)/b24-17+/t22-,23+. The van der Waals surface area contributed by atoms with Crippen LogP contribution in [0.3, 0.4) is 0 Å². The summed E-state index contributed by atoms with van der Waals surface area (Å²) in [5.74, 6) is 1.62. The molecule has 4 rings (SSSR count). The maximum Gasteiger partial charge on any atom is 0.229 e. The van der Waals surface area contributed by atoms with E-state index < -0.39 is 15.1 Å². The minimum atomic E-state index is -3.42. The number of halogens is 1. The molecule has 1 aromatic carbocycles. The first-order valence-corrected chi connectivity index (χ1v) is 17.2. The van der Waals surface area contributed by atoms with Gasteiger partial charge in [-0.3, -0.25) is 5.01 Å². The van der Waals surface area contributed by atoms with Crippen LogP contribution in [0, 0.1) is 6.92 Å². The van der Waals surface area contributed by atoms with Gasteiger partial charge < -0.3 is 20.7 Å². The van der Waals surface area contributed by atoms with Gasteiger partial charge in [0.1, 0.15) is 10.8 Å². The average molecular weight is 632 g/mol. The maximum atomic E-state index is 12.7. The van der Waals surface area contributed by atoms with Gasteiger partial charge in [0, 0.05) is 37.7 Å². The van der Waals surface area contributed by atoms with E-state index >= 15 is 0 Å². The fourth-order valence-electron chi connectivity index (χ4n) is 5.29. The van der Waals surface area contributed by atoms with Gasteiger partial charge >= 0.3 is 0 Å². The summed E-state index contributed by atoms with van der Waals surface area (Å²) < 4.78 is 31.8. The van der Waals surface area contributed by atoms with Crippen molar-refractivity contribution in [2.75, 3.05) is 23.4 Å². The van der Waals surface area contributed by atoms with E-state index in [1.807, 2.05) is 0 Å². The number of aryl methyl sites for hydroxylation is 1. The zero-order chi connectivity index (χ0) is 31.3. The highest BCUT2D eigenvalue weighted by molar-refractivity contribution is 7.92. The second-order valence-electron chi connectivity index (χ2n) is 12.3. The molecule has 12 heteroatoms. The van der Waals surface area contributed by atoms with E-state index in [0.29, 0.717) is 29.6 Å². The number of hydrogen-bond donors (Lipinski definition) is 3. The number of aromatic nitrogens is 2. The van der Waals surface area contributed by atoms with E-state index in [-0.39, 0.29) is 22.7 Å². The van der Waals surface area contributed by atoms with Crippen LogP contribution in [0.5, 0.6) is 5.75 Å². The molecule has 0 saturated heterocycles. The molecule has 2 aromatic rings. The Labute approximate surface area is 261 Å². The van der Waals surface area contributed by atoms with Gasteiger partial charge in [-0.25, -0.2) is 13.4 Å². The molecule has 2 aliphatic carbocycles. The lowest BCUT2D eigenvalue weighted by Gasteiger charge is -2.32. The highest BCUT2D eigenvalue weighted by Crippen LogP contribution is 2.41. The third kappa shape index (κ3) is 9.30. The van der Waals surface area contributed by atoms with Crippen LogP contribution in [0.2, 0.25) is 5.02 Å². The molecule has 0 spiro atoms. The van der Waals surface area contributed by atoms with Crippen LogP contribution >= 0.6 is 11.6 Å². The van der Waals surface area contributed by atoms with Gasteiger partial charge in [-0.2, -0.15) is 10.1 Å². The third-order valence-electron chi connectivity index (χ3n) is 7.83. The van der Waals surface area contributed by atoms with E-state index in [4.69, 9.17) is 16.3 Å². The Morgan fingerprint density at radius 2 is 1.88 bits per heavy atom. The number of nitrogens with zero attached hydrogens (tertiary/aromatic N) is 4. The van der Waals surface area contributed by atoms with Gasteiger partial charge in [0.25, 0.3) is 0 Å². The largest absolute Gasteiger partial charge is 0.488 e. The summed E-state index contributed by atoms with van der Waals surface area (Å²) in [5.41, 5.74) is 3.67. The Hall–Kier alpha value is -2.89. The number of hydrazone groups is 1. The lowest BCUT2D eigenvalue weighted by atomic mass is 9.80. The van der Waals surface area contributed by atoms with Crippen molar-refractivity contribution in [3.8, 4) is 5.75 Å². The molecule has 10 nitrogen and oxygen atoms in total. The van der Waals surface area contributed by atoms with Gasteiger partial charge in [-0.05, 0) is 88.5 Å². The van der Waals surface area contributed by atoms with Crippen LogP contribution < -0.4 is 20.7 Å². The lowest BCUT2D eigenvalue weighted by Crippen LogP contribution is -2.37. The minimum absolute atomic E-state index is 0.219. The number of anilines is 3. The first-order chi connectivity index (χ1) is 20.3. The Kier molecular flexibility index (Phi) is 10.9. The number of ether oxygens (including phenoxy) is 1. The van der Waals surface area contributed by atoms with Crippen molar-refractivity contribution in [1.29, 1.82) is 0 Å². The molecular formula is C31H46ClN7O3S. The summed E-state index contributed by atoms with van der Waals surface area (Å²) in [7, 11) is -1.76. The number of sulfone groups is 1. The molecule has 2 fully saturated rings. The smallest absolute Gasteiger partial charge is 0.229 e. The molecule has 0 unspecified atom stereocenters. The average Bonchev–Trinajstić information content (AvgIpc) is 3.76. The van der Waals surface area contributed by atoms with E-state index in [9.17, 15) is 8.42 Å². The van der Waals surface area contributed by atoms with Crippen molar-refractivity contribution in [3.05, 3.63) is 46.4 Å². The van der Waals surface area contributed by atoms with Crippen molar-refractivity contribution in [2.45, 2.75) is 102 Å².